The van der Waals surface area contributed by atoms with Crippen LogP contribution in [0.3, 0.4) is 0 Å². The van der Waals surface area contributed by atoms with Gasteiger partial charge in [-0.25, -0.2) is 0 Å². The highest BCUT2D eigenvalue weighted by atomic mass is 16.6. The summed E-state index contributed by atoms with van der Waals surface area (Å²) in [6.45, 7) is 6.61. The summed E-state index contributed by atoms with van der Waals surface area (Å²) in [5, 5.41) is 0. The first-order valence-corrected chi connectivity index (χ1v) is 9.19. The van der Waals surface area contributed by atoms with E-state index in [1.165, 1.54) is 38.8 Å². The van der Waals surface area contributed by atoms with Crippen LogP contribution < -0.4 is 0 Å². The maximum atomic E-state index is 12.2. The quantitative estimate of drug-likeness (QED) is 0.427. The third-order valence-electron chi connectivity index (χ3n) is 5.69. The second-order valence-corrected chi connectivity index (χ2v) is 7.18. The van der Waals surface area contributed by atoms with Gasteiger partial charge >= 0.3 is 11.9 Å². The molecule has 1 unspecified atom stereocenters. The molecule has 2 aliphatic rings. The van der Waals surface area contributed by atoms with Gasteiger partial charge in [0.15, 0.2) is 5.92 Å². The summed E-state index contributed by atoms with van der Waals surface area (Å²) in [7, 11) is 2.35. The molecule has 0 radical (unpaired) electrons. The van der Waals surface area contributed by atoms with Gasteiger partial charge in [0.2, 0.25) is 0 Å². The van der Waals surface area contributed by atoms with Crippen molar-refractivity contribution in [2.24, 2.45) is 11.8 Å². The molecule has 0 amide bonds. The van der Waals surface area contributed by atoms with E-state index in [1.807, 2.05) is 0 Å². The molecule has 0 spiro atoms. The highest BCUT2D eigenvalue weighted by molar-refractivity contribution is 5.94. The summed E-state index contributed by atoms with van der Waals surface area (Å²) in [5.74, 6) is -1.18. The number of piperidine rings is 2. The molecule has 0 aromatic rings. The predicted octanol–water partition coefficient (Wildman–Crippen LogP) is 2.53. The van der Waals surface area contributed by atoms with E-state index in [4.69, 9.17) is 9.47 Å². The predicted molar refractivity (Wildman–Crippen MR) is 87.7 cm³/mol. The van der Waals surface area contributed by atoms with Crippen molar-refractivity contribution in [3.63, 3.8) is 0 Å². The van der Waals surface area contributed by atoms with Crippen LogP contribution in [0.15, 0.2) is 0 Å². The first-order valence-electron chi connectivity index (χ1n) is 9.19. The fraction of sp³-hybridized carbons (Fsp3) is 0.889. The Kier molecular flexibility index (Phi) is 6.45. The Morgan fingerprint density at radius 2 is 1.61 bits per heavy atom. The molecule has 2 saturated heterocycles. The van der Waals surface area contributed by atoms with Crippen LogP contribution in [0.1, 0.15) is 52.4 Å². The second kappa shape index (κ2) is 8.13. The number of ether oxygens (including phenoxy) is 2. The lowest BCUT2D eigenvalue weighted by molar-refractivity contribution is -0.947. The van der Waals surface area contributed by atoms with Gasteiger partial charge in [-0.15, -0.1) is 0 Å². The van der Waals surface area contributed by atoms with Gasteiger partial charge < -0.3 is 14.0 Å². The zero-order valence-electron chi connectivity index (χ0n) is 14.9. The van der Waals surface area contributed by atoms with Crippen LogP contribution in [0.4, 0.5) is 0 Å². The highest BCUT2D eigenvalue weighted by Crippen LogP contribution is 2.39. The molecule has 0 aliphatic carbocycles. The minimum atomic E-state index is -0.756. The van der Waals surface area contributed by atoms with Crippen molar-refractivity contribution in [2.45, 2.75) is 58.4 Å². The molecule has 0 N–H and O–H groups in total. The number of carbonyl (C=O) groups excluding carboxylic acids is 2. The first-order chi connectivity index (χ1) is 11.0. The number of carbonyl (C=O) groups is 2. The average molecular weight is 326 g/mol. The largest absolute Gasteiger partial charge is 0.465 e. The topological polar surface area (TPSA) is 52.6 Å². The number of hydrogen-bond acceptors (Lipinski definition) is 4. The minimum absolute atomic E-state index is 0.302. The Balaban J connectivity index is 2.10. The maximum Gasteiger partial charge on any atom is 0.320 e. The van der Waals surface area contributed by atoms with Crippen molar-refractivity contribution in [2.75, 3.05) is 33.4 Å². The summed E-state index contributed by atoms with van der Waals surface area (Å²) >= 11 is 0. The second-order valence-electron chi connectivity index (χ2n) is 7.18. The maximum absolute atomic E-state index is 12.2. The summed E-state index contributed by atoms with van der Waals surface area (Å²) in [6, 6.07) is 0.573. The van der Waals surface area contributed by atoms with Gasteiger partial charge in [-0.05, 0) is 52.4 Å². The van der Waals surface area contributed by atoms with E-state index < -0.39 is 17.9 Å². The molecule has 2 heterocycles. The smallest absolute Gasteiger partial charge is 0.320 e. The molecule has 5 nitrogen and oxygen atoms in total. The van der Waals surface area contributed by atoms with Crippen molar-refractivity contribution in [1.29, 1.82) is 0 Å². The zero-order valence-corrected chi connectivity index (χ0v) is 14.9. The highest BCUT2D eigenvalue weighted by Gasteiger charge is 2.46. The van der Waals surface area contributed by atoms with Gasteiger partial charge in [0.1, 0.15) is 0 Å². The number of rotatable bonds is 6. The van der Waals surface area contributed by atoms with E-state index in [2.05, 4.69) is 7.05 Å². The van der Waals surface area contributed by atoms with Gasteiger partial charge in [-0.2, -0.15) is 0 Å². The third-order valence-corrected chi connectivity index (χ3v) is 5.69. The van der Waals surface area contributed by atoms with Gasteiger partial charge in [0.25, 0.3) is 0 Å². The summed E-state index contributed by atoms with van der Waals surface area (Å²) < 4.78 is 11.4. The van der Waals surface area contributed by atoms with Crippen molar-refractivity contribution in [3.05, 3.63) is 0 Å². The van der Waals surface area contributed by atoms with Crippen LogP contribution in [0.5, 0.6) is 0 Å². The number of hydrogen-bond donors (Lipinski definition) is 0. The average Bonchev–Trinajstić information content (AvgIpc) is 2.52. The summed E-state index contributed by atoms with van der Waals surface area (Å²) in [4.78, 5) is 24.5. The molecule has 3 atom stereocenters. The number of fused-ring (bicyclic) bond motifs is 1. The van der Waals surface area contributed by atoms with E-state index in [0.29, 0.717) is 31.6 Å². The van der Waals surface area contributed by atoms with Crippen LogP contribution in [-0.2, 0) is 19.1 Å². The van der Waals surface area contributed by atoms with Crippen LogP contribution in [0.25, 0.3) is 0 Å². The van der Waals surface area contributed by atoms with Gasteiger partial charge in [-0.1, -0.05) is 0 Å². The molecule has 23 heavy (non-hydrogen) atoms. The monoisotopic (exact) mass is 326 g/mol. The number of nitrogens with zero attached hydrogens (tertiary/aromatic N) is 1. The lowest BCUT2D eigenvalue weighted by atomic mass is 9.77. The minimum Gasteiger partial charge on any atom is -0.465 e. The van der Waals surface area contributed by atoms with E-state index in [1.54, 1.807) is 13.8 Å². The Morgan fingerprint density at radius 3 is 2.22 bits per heavy atom. The van der Waals surface area contributed by atoms with E-state index in [9.17, 15) is 9.59 Å². The van der Waals surface area contributed by atoms with Crippen LogP contribution >= 0.6 is 0 Å². The van der Waals surface area contributed by atoms with Crippen molar-refractivity contribution < 1.29 is 23.5 Å². The van der Waals surface area contributed by atoms with Gasteiger partial charge in [0.05, 0.1) is 39.4 Å². The lowest BCUT2D eigenvalue weighted by Crippen LogP contribution is -2.61. The number of esters is 2. The van der Waals surface area contributed by atoms with E-state index >= 15 is 0 Å². The lowest BCUT2D eigenvalue weighted by Gasteiger charge is -2.51. The molecule has 0 aromatic carbocycles. The number of quaternary nitrogens is 1. The SMILES string of the molecule is CCOC(=O)C(C[C@H]1CCC[N+]2(C)CCCC[C@H]12)C(=O)OCC. The molecule has 2 rings (SSSR count). The molecule has 2 aliphatic heterocycles. The third kappa shape index (κ3) is 4.25. The normalized spacial score (nSPS) is 30.6. The Hall–Kier alpha value is -1.10. The molecular weight excluding hydrogens is 294 g/mol. The Morgan fingerprint density at radius 1 is 1.00 bits per heavy atom. The van der Waals surface area contributed by atoms with Gasteiger partial charge in [0, 0.05) is 5.92 Å². The van der Waals surface area contributed by atoms with E-state index in [-0.39, 0.29) is 0 Å². The summed E-state index contributed by atoms with van der Waals surface area (Å²) in [5.41, 5.74) is 0. The molecule has 0 aromatic heterocycles. The Labute approximate surface area is 139 Å². The summed E-state index contributed by atoms with van der Waals surface area (Å²) in [6.07, 6.45) is 6.62. The van der Waals surface area contributed by atoms with Crippen LogP contribution in [0, 0.1) is 11.8 Å². The molecule has 0 bridgehead atoms. The molecule has 2 fully saturated rings. The fourth-order valence-corrected chi connectivity index (χ4v) is 4.59. The van der Waals surface area contributed by atoms with Crippen molar-refractivity contribution in [1.82, 2.24) is 0 Å². The van der Waals surface area contributed by atoms with Crippen LogP contribution in [-0.4, -0.2) is 55.8 Å². The van der Waals surface area contributed by atoms with Gasteiger partial charge in [-0.3, -0.25) is 9.59 Å². The molecular formula is C18H32NO4+. The molecule has 132 valence electrons. The standard InChI is InChI=1S/C18H32NO4/c1-4-22-17(20)15(18(21)23-5-2)13-14-9-8-12-19(3)11-7-6-10-16(14)19/h14-16H,4-13H2,1-3H3/q+1/t14-,16-,19?/m1/s1. The molecule has 0 saturated carbocycles. The fourth-order valence-electron chi connectivity index (χ4n) is 4.59. The van der Waals surface area contributed by atoms with Crippen molar-refractivity contribution in [3.8, 4) is 0 Å². The van der Waals surface area contributed by atoms with Crippen LogP contribution in [0.2, 0.25) is 0 Å². The van der Waals surface area contributed by atoms with E-state index in [0.717, 1.165) is 10.9 Å². The van der Waals surface area contributed by atoms with Crippen molar-refractivity contribution >= 4 is 11.9 Å². The Bertz CT molecular complexity index is 403. The zero-order chi connectivity index (χ0) is 16.9. The molecule has 5 heteroatoms. The first kappa shape index (κ1) is 18.2.